The third-order valence-corrected chi connectivity index (χ3v) is 5.18. The van der Waals surface area contributed by atoms with Gasteiger partial charge in [0.25, 0.3) is 5.91 Å². The fraction of sp³-hybridized carbons (Fsp3) is 0.529. The fourth-order valence-electron chi connectivity index (χ4n) is 3.29. The van der Waals surface area contributed by atoms with Gasteiger partial charge >= 0.3 is 0 Å². The van der Waals surface area contributed by atoms with Gasteiger partial charge in [-0.05, 0) is 37.1 Å². The Morgan fingerprint density at radius 3 is 2.19 bits per heavy atom. The molecule has 1 unspecified atom stereocenters. The van der Waals surface area contributed by atoms with Crippen molar-refractivity contribution in [2.45, 2.75) is 12.8 Å². The van der Waals surface area contributed by atoms with Crippen LogP contribution in [-0.4, -0.2) is 69.8 Å². The summed E-state index contributed by atoms with van der Waals surface area (Å²) in [6.07, 6.45) is 1.54. The molecule has 2 heterocycles. The van der Waals surface area contributed by atoms with Crippen molar-refractivity contribution in [2.75, 3.05) is 44.1 Å². The zero-order valence-corrected chi connectivity index (χ0v) is 15.2. The molecule has 1 atom stereocenters. The smallest absolute Gasteiger partial charge is 0.253 e. The standard InChI is InChI=1S/C17H23N3O5S/c21-16(13-1-3-15(4-2-13)18-26(23)24)19-7-9-20(10-8-19)17(22)14-5-11-25-12-6-14/h1-4,14,18H,5-12H2,(H,23,24)/p-1. The van der Waals surface area contributed by atoms with Crippen molar-refractivity contribution in [1.82, 2.24) is 9.80 Å². The van der Waals surface area contributed by atoms with Crippen molar-refractivity contribution >= 4 is 28.8 Å². The highest BCUT2D eigenvalue weighted by Gasteiger charge is 2.30. The highest BCUT2D eigenvalue weighted by molar-refractivity contribution is 7.80. The van der Waals surface area contributed by atoms with Gasteiger partial charge in [0.2, 0.25) is 5.91 Å². The molecule has 2 amide bonds. The minimum absolute atomic E-state index is 0.0395. The van der Waals surface area contributed by atoms with Crippen molar-refractivity contribution in [3.8, 4) is 0 Å². The van der Waals surface area contributed by atoms with E-state index in [1.54, 1.807) is 29.2 Å². The molecular weight excluding hydrogens is 358 g/mol. The summed E-state index contributed by atoms with van der Waals surface area (Å²) >= 11 is -2.39. The number of ether oxygens (including phenoxy) is 1. The van der Waals surface area contributed by atoms with Gasteiger partial charge in [-0.15, -0.1) is 0 Å². The number of carbonyl (C=O) groups is 2. The molecule has 0 bridgehead atoms. The van der Waals surface area contributed by atoms with Gasteiger partial charge in [-0.3, -0.25) is 13.8 Å². The lowest BCUT2D eigenvalue weighted by Crippen LogP contribution is -2.52. The molecule has 2 aliphatic heterocycles. The second-order valence-electron chi connectivity index (χ2n) is 6.42. The molecule has 2 aliphatic rings. The highest BCUT2D eigenvalue weighted by atomic mass is 32.2. The average molecular weight is 380 g/mol. The van der Waals surface area contributed by atoms with E-state index in [0.29, 0.717) is 50.6 Å². The number of rotatable bonds is 4. The maximum atomic E-state index is 12.6. The Morgan fingerprint density at radius 2 is 1.62 bits per heavy atom. The molecule has 1 aromatic carbocycles. The van der Waals surface area contributed by atoms with E-state index in [-0.39, 0.29) is 17.7 Å². The number of amides is 2. The largest absolute Gasteiger partial charge is 0.755 e. The Bertz CT molecular complexity index is 667. The fourth-order valence-corrected chi connectivity index (χ4v) is 3.62. The normalized spacial score (nSPS) is 19.9. The Labute approximate surface area is 154 Å². The number of carbonyl (C=O) groups excluding carboxylic acids is 2. The van der Waals surface area contributed by atoms with E-state index in [0.717, 1.165) is 12.8 Å². The maximum Gasteiger partial charge on any atom is 0.253 e. The summed E-state index contributed by atoms with van der Waals surface area (Å²) in [5, 5.41) is 0. The summed E-state index contributed by atoms with van der Waals surface area (Å²) in [4.78, 5) is 28.7. The highest BCUT2D eigenvalue weighted by Crippen LogP contribution is 2.19. The van der Waals surface area contributed by atoms with Gasteiger partial charge in [0.15, 0.2) is 0 Å². The lowest BCUT2D eigenvalue weighted by Gasteiger charge is -2.37. The van der Waals surface area contributed by atoms with E-state index < -0.39 is 11.3 Å². The summed E-state index contributed by atoms with van der Waals surface area (Å²) in [6, 6.07) is 6.29. The van der Waals surface area contributed by atoms with E-state index in [9.17, 15) is 18.4 Å². The third kappa shape index (κ3) is 4.60. The van der Waals surface area contributed by atoms with Gasteiger partial charge in [0, 0.05) is 67.8 Å². The molecule has 2 fully saturated rings. The molecule has 26 heavy (non-hydrogen) atoms. The van der Waals surface area contributed by atoms with Crippen LogP contribution in [0.15, 0.2) is 24.3 Å². The van der Waals surface area contributed by atoms with Crippen LogP contribution in [0.4, 0.5) is 5.69 Å². The number of hydrogen-bond acceptors (Lipinski definition) is 5. The Kier molecular flexibility index (Phi) is 6.23. The van der Waals surface area contributed by atoms with E-state index in [2.05, 4.69) is 4.72 Å². The summed E-state index contributed by atoms with van der Waals surface area (Å²) in [7, 11) is 0. The molecule has 2 saturated heterocycles. The Morgan fingerprint density at radius 1 is 1.04 bits per heavy atom. The molecule has 9 heteroatoms. The van der Waals surface area contributed by atoms with E-state index >= 15 is 0 Å². The zero-order valence-electron chi connectivity index (χ0n) is 14.4. The molecule has 0 aliphatic carbocycles. The first-order valence-electron chi connectivity index (χ1n) is 8.66. The number of hydrogen-bond donors (Lipinski definition) is 1. The van der Waals surface area contributed by atoms with Crippen LogP contribution in [0.25, 0.3) is 0 Å². The lowest BCUT2D eigenvalue weighted by molar-refractivity contribution is -0.140. The van der Waals surface area contributed by atoms with Crippen LogP contribution in [-0.2, 0) is 20.8 Å². The van der Waals surface area contributed by atoms with Gasteiger partial charge in [-0.25, -0.2) is 0 Å². The van der Waals surface area contributed by atoms with Crippen LogP contribution in [0.2, 0.25) is 0 Å². The number of anilines is 1. The number of nitrogens with zero attached hydrogens (tertiary/aromatic N) is 2. The molecular formula is C17H22N3O5S-. The second-order valence-corrected chi connectivity index (χ2v) is 7.09. The van der Waals surface area contributed by atoms with Gasteiger partial charge in [0.05, 0.1) is 0 Å². The predicted octanol–water partition coefficient (Wildman–Crippen LogP) is 0.604. The minimum Gasteiger partial charge on any atom is -0.755 e. The molecule has 3 rings (SSSR count). The SMILES string of the molecule is O=C(c1ccc(NS(=O)[O-])cc1)N1CCN(C(=O)C2CCOCC2)CC1. The van der Waals surface area contributed by atoms with Gasteiger partial charge in [0.1, 0.15) is 0 Å². The summed E-state index contributed by atoms with van der Waals surface area (Å²) < 4.78 is 28.8. The van der Waals surface area contributed by atoms with Crippen molar-refractivity contribution in [2.24, 2.45) is 5.92 Å². The number of nitrogens with one attached hydrogen (secondary N) is 1. The predicted molar refractivity (Wildman–Crippen MR) is 95.0 cm³/mol. The Hall–Kier alpha value is -1.97. The van der Waals surface area contributed by atoms with Crippen LogP contribution < -0.4 is 4.72 Å². The van der Waals surface area contributed by atoms with E-state index in [4.69, 9.17) is 4.74 Å². The van der Waals surface area contributed by atoms with Crippen LogP contribution in [0, 0.1) is 5.92 Å². The van der Waals surface area contributed by atoms with Crippen LogP contribution in [0.5, 0.6) is 0 Å². The number of benzene rings is 1. The first-order chi connectivity index (χ1) is 12.5. The quantitative estimate of drug-likeness (QED) is 0.771. The van der Waals surface area contributed by atoms with E-state index in [1.807, 2.05) is 4.90 Å². The lowest BCUT2D eigenvalue weighted by atomic mass is 9.98. The van der Waals surface area contributed by atoms with Gasteiger partial charge < -0.3 is 23.8 Å². The molecule has 1 N–H and O–H groups in total. The summed E-state index contributed by atoms with van der Waals surface area (Å²) in [5.74, 6) is 0.0945. The van der Waals surface area contributed by atoms with Crippen LogP contribution in [0.1, 0.15) is 23.2 Å². The zero-order chi connectivity index (χ0) is 18.5. The van der Waals surface area contributed by atoms with Gasteiger partial charge in [-0.1, -0.05) is 0 Å². The van der Waals surface area contributed by atoms with Crippen molar-refractivity contribution < 1.29 is 23.1 Å². The Balaban J connectivity index is 1.53. The van der Waals surface area contributed by atoms with E-state index in [1.165, 1.54) is 0 Å². The monoisotopic (exact) mass is 380 g/mol. The molecule has 1 aromatic rings. The van der Waals surface area contributed by atoms with Crippen molar-refractivity contribution in [1.29, 1.82) is 0 Å². The molecule has 142 valence electrons. The molecule has 8 nitrogen and oxygen atoms in total. The van der Waals surface area contributed by atoms with Crippen molar-refractivity contribution in [3.63, 3.8) is 0 Å². The van der Waals surface area contributed by atoms with Crippen molar-refractivity contribution in [3.05, 3.63) is 29.8 Å². The summed E-state index contributed by atoms with van der Waals surface area (Å²) in [5.41, 5.74) is 0.901. The molecule has 0 saturated carbocycles. The first kappa shape index (κ1) is 18.8. The first-order valence-corrected chi connectivity index (χ1v) is 9.74. The number of piperazine rings is 1. The topological polar surface area (TPSA) is 102 Å². The van der Waals surface area contributed by atoms with Crippen LogP contribution >= 0.6 is 0 Å². The third-order valence-electron chi connectivity index (χ3n) is 4.78. The molecule has 0 radical (unpaired) electrons. The average Bonchev–Trinajstić information content (AvgIpc) is 2.68. The van der Waals surface area contributed by atoms with Crippen LogP contribution in [0.3, 0.4) is 0 Å². The summed E-state index contributed by atoms with van der Waals surface area (Å²) in [6.45, 7) is 3.35. The van der Waals surface area contributed by atoms with Gasteiger partial charge in [-0.2, -0.15) is 0 Å². The molecule has 0 aromatic heterocycles. The minimum atomic E-state index is -2.39. The molecule has 0 spiro atoms. The maximum absolute atomic E-state index is 12.6. The second kappa shape index (κ2) is 8.61.